The van der Waals surface area contributed by atoms with Gasteiger partial charge in [0.2, 0.25) is 0 Å². The molecular formula is C15H26N4S. The molecule has 0 spiro atoms. The summed E-state index contributed by atoms with van der Waals surface area (Å²) < 4.78 is 0. The van der Waals surface area contributed by atoms with E-state index in [1.807, 2.05) is 0 Å². The quantitative estimate of drug-likeness (QED) is 0.689. The van der Waals surface area contributed by atoms with Crippen LogP contribution in [0.3, 0.4) is 0 Å². The summed E-state index contributed by atoms with van der Waals surface area (Å²) in [7, 11) is 0. The van der Waals surface area contributed by atoms with Gasteiger partial charge in [0.15, 0.2) is 5.96 Å². The molecule has 112 valence electrons. The standard InChI is InChI=1S/C15H26N4S/c1-15(2,3)12-11-20-13(18-12)7-8-17-14(16)19-9-5-4-6-10-19/h11H,4-10H2,1-3H3,(H2,16,17). The van der Waals surface area contributed by atoms with Crippen molar-refractivity contribution >= 4 is 17.3 Å². The number of hydrogen-bond acceptors (Lipinski definition) is 3. The molecule has 0 saturated carbocycles. The molecule has 2 heterocycles. The highest BCUT2D eigenvalue weighted by Crippen LogP contribution is 2.24. The third kappa shape index (κ3) is 4.20. The highest BCUT2D eigenvalue weighted by Gasteiger charge is 2.17. The Bertz CT molecular complexity index is 453. The molecule has 0 unspecified atom stereocenters. The smallest absolute Gasteiger partial charge is 0.191 e. The summed E-state index contributed by atoms with van der Waals surface area (Å²) in [4.78, 5) is 11.4. The van der Waals surface area contributed by atoms with E-state index in [1.54, 1.807) is 11.3 Å². The van der Waals surface area contributed by atoms with Crippen LogP contribution in [0.1, 0.15) is 50.7 Å². The van der Waals surface area contributed by atoms with Crippen LogP contribution in [0.5, 0.6) is 0 Å². The lowest BCUT2D eigenvalue weighted by molar-refractivity contribution is 0.338. The number of nitrogens with two attached hydrogens (primary N) is 1. The first-order valence-corrected chi connectivity index (χ1v) is 8.34. The van der Waals surface area contributed by atoms with E-state index in [4.69, 9.17) is 5.73 Å². The van der Waals surface area contributed by atoms with Crippen molar-refractivity contribution in [3.8, 4) is 0 Å². The van der Waals surface area contributed by atoms with Crippen molar-refractivity contribution < 1.29 is 0 Å². The van der Waals surface area contributed by atoms with Gasteiger partial charge in [-0.1, -0.05) is 20.8 Å². The first-order chi connectivity index (χ1) is 9.47. The fourth-order valence-electron chi connectivity index (χ4n) is 2.26. The first-order valence-electron chi connectivity index (χ1n) is 7.46. The maximum absolute atomic E-state index is 6.05. The van der Waals surface area contributed by atoms with Gasteiger partial charge in [-0.3, -0.25) is 4.99 Å². The number of likely N-dealkylation sites (tertiary alicyclic amines) is 1. The fourth-order valence-corrected chi connectivity index (χ4v) is 3.27. The molecule has 0 radical (unpaired) electrons. The monoisotopic (exact) mass is 294 g/mol. The van der Waals surface area contributed by atoms with Crippen LogP contribution >= 0.6 is 11.3 Å². The van der Waals surface area contributed by atoms with Crippen molar-refractivity contribution in [2.75, 3.05) is 19.6 Å². The molecule has 0 amide bonds. The molecule has 20 heavy (non-hydrogen) atoms. The molecule has 2 N–H and O–H groups in total. The molecule has 0 aliphatic carbocycles. The van der Waals surface area contributed by atoms with E-state index in [2.05, 4.69) is 41.0 Å². The number of piperidine rings is 1. The zero-order valence-electron chi connectivity index (χ0n) is 12.9. The molecule has 1 aliphatic heterocycles. The van der Waals surface area contributed by atoms with Crippen molar-refractivity contribution in [3.63, 3.8) is 0 Å². The maximum Gasteiger partial charge on any atom is 0.191 e. The van der Waals surface area contributed by atoms with Crippen molar-refractivity contribution in [1.82, 2.24) is 9.88 Å². The van der Waals surface area contributed by atoms with E-state index in [1.165, 1.54) is 25.0 Å². The number of hydrogen-bond donors (Lipinski definition) is 1. The molecule has 1 saturated heterocycles. The predicted octanol–water partition coefficient (Wildman–Crippen LogP) is 2.78. The summed E-state index contributed by atoms with van der Waals surface area (Å²) in [6.45, 7) is 9.43. The number of rotatable bonds is 3. The Morgan fingerprint density at radius 3 is 2.65 bits per heavy atom. The topological polar surface area (TPSA) is 54.5 Å². The van der Waals surface area contributed by atoms with E-state index in [9.17, 15) is 0 Å². The van der Waals surface area contributed by atoms with Crippen LogP contribution in [0.15, 0.2) is 10.4 Å². The second-order valence-electron chi connectivity index (χ2n) is 6.41. The lowest BCUT2D eigenvalue weighted by Gasteiger charge is -2.27. The third-order valence-electron chi connectivity index (χ3n) is 3.60. The first kappa shape index (κ1) is 15.3. The number of aliphatic imine (C=N–C) groups is 1. The highest BCUT2D eigenvalue weighted by atomic mass is 32.1. The Morgan fingerprint density at radius 1 is 1.35 bits per heavy atom. The molecule has 4 nitrogen and oxygen atoms in total. The molecule has 0 aromatic carbocycles. The van der Waals surface area contributed by atoms with Crippen LogP contribution in [0.4, 0.5) is 0 Å². The Balaban J connectivity index is 1.84. The number of thiazole rings is 1. The summed E-state index contributed by atoms with van der Waals surface area (Å²) in [5, 5.41) is 3.32. The molecule has 1 fully saturated rings. The Morgan fingerprint density at radius 2 is 2.05 bits per heavy atom. The van der Waals surface area contributed by atoms with E-state index in [0.29, 0.717) is 5.96 Å². The molecule has 0 atom stereocenters. The number of nitrogens with zero attached hydrogens (tertiary/aromatic N) is 3. The van der Waals surface area contributed by atoms with Crippen molar-refractivity contribution in [3.05, 3.63) is 16.1 Å². The summed E-state index contributed by atoms with van der Waals surface area (Å²) in [5.74, 6) is 0.706. The fraction of sp³-hybridized carbons (Fsp3) is 0.733. The Kier molecular flexibility index (Phi) is 5.02. The summed E-state index contributed by atoms with van der Waals surface area (Å²) >= 11 is 1.73. The maximum atomic E-state index is 6.05. The van der Waals surface area contributed by atoms with Crippen molar-refractivity contribution in [2.45, 2.75) is 51.9 Å². The SMILES string of the molecule is CC(C)(C)c1csc(CCN=C(N)N2CCCCC2)n1. The van der Waals surface area contributed by atoms with Crippen LogP contribution in [0.25, 0.3) is 0 Å². The van der Waals surface area contributed by atoms with E-state index in [0.717, 1.165) is 31.1 Å². The second kappa shape index (κ2) is 6.57. The lowest BCUT2D eigenvalue weighted by Crippen LogP contribution is -2.41. The van der Waals surface area contributed by atoms with Crippen LogP contribution in [0, 0.1) is 0 Å². The van der Waals surface area contributed by atoms with Gasteiger partial charge in [-0.2, -0.15) is 0 Å². The van der Waals surface area contributed by atoms with Gasteiger partial charge in [-0.15, -0.1) is 11.3 Å². The largest absolute Gasteiger partial charge is 0.370 e. The van der Waals surface area contributed by atoms with E-state index >= 15 is 0 Å². The minimum atomic E-state index is 0.130. The van der Waals surface area contributed by atoms with Gasteiger partial charge >= 0.3 is 0 Å². The van der Waals surface area contributed by atoms with Crippen molar-refractivity contribution in [1.29, 1.82) is 0 Å². The molecule has 5 heteroatoms. The van der Waals surface area contributed by atoms with Gasteiger partial charge in [-0.05, 0) is 19.3 Å². The second-order valence-corrected chi connectivity index (χ2v) is 7.36. The summed E-state index contributed by atoms with van der Waals surface area (Å²) in [6, 6.07) is 0. The zero-order valence-corrected chi connectivity index (χ0v) is 13.7. The van der Waals surface area contributed by atoms with Crippen LogP contribution < -0.4 is 5.73 Å². The van der Waals surface area contributed by atoms with Crippen LogP contribution in [-0.4, -0.2) is 35.5 Å². The van der Waals surface area contributed by atoms with Gasteiger partial charge in [0.05, 0.1) is 10.7 Å². The van der Waals surface area contributed by atoms with Gasteiger partial charge < -0.3 is 10.6 Å². The number of guanidine groups is 1. The molecule has 1 aromatic rings. The highest BCUT2D eigenvalue weighted by molar-refractivity contribution is 7.09. The normalized spacial score (nSPS) is 17.6. The average molecular weight is 294 g/mol. The lowest BCUT2D eigenvalue weighted by atomic mass is 9.93. The van der Waals surface area contributed by atoms with Gasteiger partial charge in [0, 0.05) is 36.9 Å². The molecule has 0 bridgehead atoms. The average Bonchev–Trinajstić information content (AvgIpc) is 2.88. The van der Waals surface area contributed by atoms with Gasteiger partial charge in [0.1, 0.15) is 0 Å². The minimum absolute atomic E-state index is 0.130. The van der Waals surface area contributed by atoms with E-state index in [-0.39, 0.29) is 5.41 Å². The zero-order chi connectivity index (χ0) is 14.6. The minimum Gasteiger partial charge on any atom is -0.370 e. The van der Waals surface area contributed by atoms with Gasteiger partial charge in [0.25, 0.3) is 0 Å². The number of aromatic nitrogens is 1. The van der Waals surface area contributed by atoms with Gasteiger partial charge in [-0.25, -0.2) is 4.98 Å². The molecule has 2 rings (SSSR count). The Hall–Kier alpha value is -1.10. The predicted molar refractivity (Wildman–Crippen MR) is 86.4 cm³/mol. The van der Waals surface area contributed by atoms with Crippen LogP contribution in [0.2, 0.25) is 0 Å². The van der Waals surface area contributed by atoms with E-state index < -0.39 is 0 Å². The third-order valence-corrected chi connectivity index (χ3v) is 4.51. The molecular weight excluding hydrogens is 268 g/mol. The summed E-state index contributed by atoms with van der Waals surface area (Å²) in [5.41, 5.74) is 7.35. The van der Waals surface area contributed by atoms with Crippen molar-refractivity contribution in [2.24, 2.45) is 10.7 Å². The Labute approximate surface area is 126 Å². The van der Waals surface area contributed by atoms with Crippen LogP contribution in [-0.2, 0) is 11.8 Å². The molecule has 1 aliphatic rings. The summed E-state index contributed by atoms with van der Waals surface area (Å²) in [6.07, 6.45) is 4.67. The molecule has 1 aromatic heterocycles.